The van der Waals surface area contributed by atoms with Crippen molar-refractivity contribution in [2.45, 2.75) is 38.7 Å². The topological polar surface area (TPSA) is 161 Å². The Morgan fingerprint density at radius 2 is 1.54 bits per heavy atom. The van der Waals surface area contributed by atoms with Gasteiger partial charge in [-0.05, 0) is 67.4 Å². The van der Waals surface area contributed by atoms with E-state index in [1.165, 1.54) is 18.5 Å². The molecule has 0 aliphatic carbocycles. The highest BCUT2D eigenvalue weighted by molar-refractivity contribution is 6.02. The molecule has 2 amide bonds. The molecule has 0 saturated carbocycles. The maximum Gasteiger partial charge on any atom is 0.254 e. The second-order valence-electron chi connectivity index (χ2n) is 11.8. The van der Waals surface area contributed by atoms with Crippen LogP contribution in [0.5, 0.6) is 17.2 Å². The molecule has 3 heterocycles. The van der Waals surface area contributed by atoms with Gasteiger partial charge in [-0.2, -0.15) is 0 Å². The van der Waals surface area contributed by atoms with Gasteiger partial charge in [-0.3, -0.25) is 19.4 Å². The summed E-state index contributed by atoms with van der Waals surface area (Å²) in [5, 5.41) is 11.5. The predicted octanol–water partition coefficient (Wildman–Crippen LogP) is 4.32. The Bertz CT molecular complexity index is 1900. The molecule has 1 saturated heterocycles. The largest absolute Gasteiger partial charge is 0.545 e. The van der Waals surface area contributed by atoms with Crippen molar-refractivity contribution in [1.29, 1.82) is 0 Å². The summed E-state index contributed by atoms with van der Waals surface area (Å²) in [5.74, 6) is -0.950. The summed E-state index contributed by atoms with van der Waals surface area (Å²) < 4.78 is 18.3. The fraction of sp³-hybridized carbons (Fsp3) is 0.270. The second kappa shape index (κ2) is 13.2. The third-order valence-electron chi connectivity index (χ3n) is 8.71. The number of likely N-dealkylation sites (tertiary alicyclic amines) is 1. The molecule has 2 N–H and O–H groups in total. The predicted molar refractivity (Wildman–Crippen MR) is 174 cm³/mol. The van der Waals surface area contributed by atoms with Crippen LogP contribution in [0.1, 0.15) is 74.5 Å². The minimum atomic E-state index is -1.36. The van der Waals surface area contributed by atoms with Crippen molar-refractivity contribution in [3.63, 3.8) is 0 Å². The maximum atomic E-state index is 13.9. The van der Waals surface area contributed by atoms with Crippen molar-refractivity contribution < 1.29 is 38.5 Å². The summed E-state index contributed by atoms with van der Waals surface area (Å²) in [5.41, 5.74) is 8.31. The van der Waals surface area contributed by atoms with E-state index < -0.39 is 17.5 Å². The van der Waals surface area contributed by atoms with E-state index in [1.54, 1.807) is 47.4 Å². The van der Waals surface area contributed by atoms with Crippen LogP contribution in [0.15, 0.2) is 73.1 Å². The van der Waals surface area contributed by atoms with Gasteiger partial charge in [-0.25, -0.2) is 0 Å². The number of aromatic carboxylic acids is 1. The van der Waals surface area contributed by atoms with Gasteiger partial charge in [0.1, 0.15) is 22.8 Å². The van der Waals surface area contributed by atoms with Crippen LogP contribution in [0.2, 0.25) is 0 Å². The molecule has 2 aliphatic rings. The lowest BCUT2D eigenvalue weighted by atomic mass is 9.81. The summed E-state index contributed by atoms with van der Waals surface area (Å²) in [6.07, 6.45) is 3.81. The zero-order valence-electron chi connectivity index (χ0n) is 26.6. The Morgan fingerprint density at radius 1 is 0.875 bits per heavy atom. The third kappa shape index (κ3) is 6.31. The van der Waals surface area contributed by atoms with Crippen molar-refractivity contribution in [2.24, 2.45) is 5.73 Å². The number of ether oxygens (including phenoxy) is 3. The van der Waals surface area contributed by atoms with Crippen LogP contribution in [-0.2, 0) is 0 Å². The average Bonchev–Trinajstić information content (AvgIpc) is 3.08. The van der Waals surface area contributed by atoms with E-state index in [0.717, 1.165) is 11.1 Å². The number of primary amides is 1. The van der Waals surface area contributed by atoms with Gasteiger partial charge >= 0.3 is 0 Å². The first-order valence-corrected chi connectivity index (χ1v) is 15.8. The lowest BCUT2D eigenvalue weighted by Gasteiger charge is -2.44. The monoisotopic (exact) mass is 648 g/mol. The number of nitrogens with two attached hydrogens (primary N) is 1. The molecular weight excluding hydrogens is 614 g/mol. The number of piperidine rings is 1. The van der Waals surface area contributed by atoms with E-state index in [2.05, 4.69) is 4.98 Å². The molecule has 0 radical (unpaired) electrons. The molecule has 3 aromatic carbocycles. The van der Waals surface area contributed by atoms with E-state index in [9.17, 15) is 24.3 Å². The summed E-state index contributed by atoms with van der Waals surface area (Å²) in [4.78, 5) is 56.2. The van der Waals surface area contributed by atoms with Crippen molar-refractivity contribution in [1.82, 2.24) is 9.88 Å². The number of Topliss-reactive ketones (excluding diaryl/α,β-unsaturated/α-hetero) is 1. The molecule has 2 aliphatic heterocycles. The molecule has 11 heteroatoms. The smallest absolute Gasteiger partial charge is 0.254 e. The van der Waals surface area contributed by atoms with Crippen LogP contribution in [0.4, 0.5) is 0 Å². The number of hydrogen-bond donors (Lipinski definition) is 1. The van der Waals surface area contributed by atoms with Gasteiger partial charge in [-0.15, -0.1) is 0 Å². The zero-order chi connectivity index (χ0) is 34.0. The van der Waals surface area contributed by atoms with Gasteiger partial charge < -0.3 is 34.7 Å². The Kier molecular flexibility index (Phi) is 8.86. The highest BCUT2D eigenvalue weighted by Crippen LogP contribution is 2.43. The van der Waals surface area contributed by atoms with Crippen LogP contribution in [0, 0.1) is 0 Å². The molecule has 1 fully saturated rings. The molecular formula is C37H34N3O8-. The van der Waals surface area contributed by atoms with E-state index in [0.29, 0.717) is 84.2 Å². The summed E-state index contributed by atoms with van der Waals surface area (Å²) >= 11 is 0. The van der Waals surface area contributed by atoms with Gasteiger partial charge in [-0.1, -0.05) is 18.2 Å². The van der Waals surface area contributed by atoms with E-state index >= 15 is 0 Å². The van der Waals surface area contributed by atoms with E-state index in [-0.39, 0.29) is 23.7 Å². The van der Waals surface area contributed by atoms with Crippen molar-refractivity contribution >= 4 is 23.6 Å². The number of hydrogen-bond acceptors (Lipinski definition) is 9. The zero-order valence-corrected chi connectivity index (χ0v) is 26.6. The van der Waals surface area contributed by atoms with Gasteiger partial charge in [0.25, 0.3) is 5.91 Å². The fourth-order valence-electron chi connectivity index (χ4n) is 6.33. The van der Waals surface area contributed by atoms with Gasteiger partial charge in [0.2, 0.25) is 5.91 Å². The standard InChI is InChI=1S/C37H35N3O8/c1-3-46-31-17-25(18-32(47-4-2)33(31)26-15-27(36(44)45)21-39-20-26)35(43)40-12-10-37(11-13-40)19-29(41)28-16-23(8-9-30(28)48-37)22-6-5-7-24(14-22)34(38)42/h5-9,14-18,20-21H,3-4,10-13,19H2,1-2H3,(H2,38,42)(H,44,45)/p-1. The van der Waals surface area contributed by atoms with Crippen LogP contribution in [0.25, 0.3) is 22.3 Å². The number of rotatable bonds is 9. The van der Waals surface area contributed by atoms with Crippen LogP contribution >= 0.6 is 0 Å². The number of fused-ring (bicyclic) bond motifs is 1. The maximum absolute atomic E-state index is 13.9. The van der Waals surface area contributed by atoms with Gasteiger partial charge in [0.05, 0.1) is 36.7 Å². The Labute approximate surface area is 277 Å². The molecule has 1 aromatic heterocycles. The number of ketones is 1. The first kappa shape index (κ1) is 32.2. The number of carbonyl (C=O) groups excluding carboxylic acids is 4. The average molecular weight is 649 g/mol. The lowest BCUT2D eigenvalue weighted by molar-refractivity contribution is -0.255. The van der Waals surface area contributed by atoms with Crippen LogP contribution < -0.4 is 25.1 Å². The summed E-state index contributed by atoms with van der Waals surface area (Å²) in [7, 11) is 0. The number of amides is 2. The Morgan fingerprint density at radius 3 is 2.19 bits per heavy atom. The number of aromatic nitrogens is 1. The van der Waals surface area contributed by atoms with Crippen molar-refractivity contribution in [2.75, 3.05) is 26.3 Å². The molecule has 4 aromatic rings. The molecule has 0 unspecified atom stereocenters. The highest BCUT2D eigenvalue weighted by Gasteiger charge is 2.44. The highest BCUT2D eigenvalue weighted by atomic mass is 16.5. The summed E-state index contributed by atoms with van der Waals surface area (Å²) in [6, 6.07) is 17.0. The SMILES string of the molecule is CCOc1cc(C(=O)N2CCC3(CC2)CC(=O)c2cc(-c4cccc(C(N)=O)c4)ccc2O3)cc(OCC)c1-c1cncc(C(=O)[O-])c1. The minimum Gasteiger partial charge on any atom is -0.545 e. The van der Waals surface area contributed by atoms with E-state index in [4.69, 9.17) is 19.9 Å². The molecule has 0 bridgehead atoms. The number of carboxylic acid groups (broad SMARTS) is 1. The molecule has 0 atom stereocenters. The first-order chi connectivity index (χ1) is 23.1. The normalized spacial score (nSPS) is 15.0. The molecule has 6 rings (SSSR count). The van der Waals surface area contributed by atoms with Gasteiger partial charge in [0, 0.05) is 60.6 Å². The lowest BCUT2D eigenvalue weighted by Crippen LogP contribution is -2.52. The quantitative estimate of drug-likeness (QED) is 0.279. The molecule has 246 valence electrons. The Hall–Kier alpha value is -5.71. The number of carboxylic acids is 1. The first-order valence-electron chi connectivity index (χ1n) is 15.8. The summed E-state index contributed by atoms with van der Waals surface area (Å²) in [6.45, 7) is 4.95. The van der Waals surface area contributed by atoms with Crippen LogP contribution in [0.3, 0.4) is 0 Å². The van der Waals surface area contributed by atoms with Gasteiger partial charge in [0.15, 0.2) is 5.78 Å². The molecule has 11 nitrogen and oxygen atoms in total. The minimum absolute atomic E-state index is 0.0422. The van der Waals surface area contributed by atoms with Crippen molar-refractivity contribution in [3.8, 4) is 39.5 Å². The number of benzene rings is 3. The van der Waals surface area contributed by atoms with Crippen LogP contribution in [-0.4, -0.2) is 65.4 Å². The molecule has 1 spiro atoms. The van der Waals surface area contributed by atoms with Crippen molar-refractivity contribution in [3.05, 3.63) is 95.3 Å². The molecule has 48 heavy (non-hydrogen) atoms. The number of nitrogens with zero attached hydrogens (tertiary/aromatic N) is 2. The fourth-order valence-corrected chi connectivity index (χ4v) is 6.33. The number of pyridine rings is 1. The second-order valence-corrected chi connectivity index (χ2v) is 11.8. The third-order valence-corrected chi connectivity index (χ3v) is 8.71. The van der Waals surface area contributed by atoms with E-state index in [1.807, 2.05) is 26.0 Å². The Balaban J connectivity index is 1.21. The number of carbonyl (C=O) groups is 4.